The van der Waals surface area contributed by atoms with Gasteiger partial charge in [0.2, 0.25) is 0 Å². The average molecular weight is 207 g/mol. The average Bonchev–Trinajstić information content (AvgIpc) is 2.61. The lowest BCUT2D eigenvalue weighted by atomic mass is 10.0. The Labute approximate surface area is 88.8 Å². The fourth-order valence-corrected chi connectivity index (χ4v) is 1.76. The first-order valence-corrected chi connectivity index (χ1v) is 5.04. The van der Waals surface area contributed by atoms with Crippen molar-refractivity contribution >= 4 is 5.90 Å². The SMILES string of the molecule is CC1=N[C@H](CF)[C@@H](c2ccc(C)cc2)O1. The van der Waals surface area contributed by atoms with Crippen LogP contribution >= 0.6 is 0 Å². The molecule has 1 aliphatic heterocycles. The predicted molar refractivity (Wildman–Crippen MR) is 57.9 cm³/mol. The second-order valence-corrected chi connectivity index (χ2v) is 3.82. The van der Waals surface area contributed by atoms with Crippen molar-refractivity contribution in [3.8, 4) is 0 Å². The number of ether oxygens (including phenoxy) is 1. The molecule has 0 saturated heterocycles. The number of hydrogen-bond acceptors (Lipinski definition) is 2. The van der Waals surface area contributed by atoms with Gasteiger partial charge in [-0.1, -0.05) is 29.8 Å². The van der Waals surface area contributed by atoms with Gasteiger partial charge in [0.1, 0.15) is 12.7 Å². The van der Waals surface area contributed by atoms with Crippen LogP contribution in [0, 0.1) is 6.92 Å². The lowest BCUT2D eigenvalue weighted by Gasteiger charge is -2.15. The minimum absolute atomic E-state index is 0.254. The van der Waals surface area contributed by atoms with Crippen molar-refractivity contribution in [3.05, 3.63) is 35.4 Å². The zero-order valence-electron chi connectivity index (χ0n) is 8.90. The van der Waals surface area contributed by atoms with E-state index in [-0.39, 0.29) is 12.1 Å². The quantitative estimate of drug-likeness (QED) is 0.730. The van der Waals surface area contributed by atoms with E-state index in [1.807, 2.05) is 31.2 Å². The Hall–Kier alpha value is -1.38. The van der Waals surface area contributed by atoms with Crippen molar-refractivity contribution in [2.45, 2.75) is 26.0 Å². The van der Waals surface area contributed by atoms with Crippen LogP contribution in [0.4, 0.5) is 4.39 Å². The highest BCUT2D eigenvalue weighted by Gasteiger charge is 2.30. The maximum Gasteiger partial charge on any atom is 0.181 e. The third-order valence-electron chi connectivity index (χ3n) is 2.56. The van der Waals surface area contributed by atoms with Crippen LogP contribution in [0.25, 0.3) is 0 Å². The van der Waals surface area contributed by atoms with Crippen molar-refractivity contribution in [2.75, 3.05) is 6.67 Å². The Morgan fingerprint density at radius 1 is 1.27 bits per heavy atom. The van der Waals surface area contributed by atoms with E-state index in [0.29, 0.717) is 5.90 Å². The summed E-state index contributed by atoms with van der Waals surface area (Å²) in [6, 6.07) is 7.56. The van der Waals surface area contributed by atoms with Crippen LogP contribution < -0.4 is 0 Å². The molecule has 0 unspecified atom stereocenters. The normalized spacial score (nSPS) is 24.9. The van der Waals surface area contributed by atoms with E-state index in [0.717, 1.165) is 5.56 Å². The summed E-state index contributed by atoms with van der Waals surface area (Å²) < 4.78 is 18.2. The first-order chi connectivity index (χ1) is 7.20. The first-order valence-electron chi connectivity index (χ1n) is 5.04. The monoisotopic (exact) mass is 207 g/mol. The van der Waals surface area contributed by atoms with Crippen LogP contribution in [0.15, 0.2) is 29.3 Å². The van der Waals surface area contributed by atoms with Crippen LogP contribution in [0.1, 0.15) is 24.2 Å². The Kier molecular flexibility index (Phi) is 2.71. The first kappa shape index (κ1) is 10.1. The molecule has 1 aromatic carbocycles. The molecule has 2 nitrogen and oxygen atoms in total. The van der Waals surface area contributed by atoms with Crippen LogP contribution in [0.5, 0.6) is 0 Å². The molecule has 2 rings (SSSR count). The highest BCUT2D eigenvalue weighted by atomic mass is 19.1. The summed E-state index contributed by atoms with van der Waals surface area (Å²) in [5.41, 5.74) is 2.18. The van der Waals surface area contributed by atoms with Gasteiger partial charge in [0.05, 0.1) is 0 Å². The third-order valence-corrected chi connectivity index (χ3v) is 2.56. The van der Waals surface area contributed by atoms with Crippen molar-refractivity contribution in [3.63, 3.8) is 0 Å². The lowest BCUT2D eigenvalue weighted by molar-refractivity contribution is 0.179. The second kappa shape index (κ2) is 4.01. The number of alkyl halides is 1. The molecule has 1 aromatic rings. The molecule has 15 heavy (non-hydrogen) atoms. The molecule has 2 atom stereocenters. The summed E-state index contributed by atoms with van der Waals surface area (Å²) in [7, 11) is 0. The van der Waals surface area contributed by atoms with Gasteiger partial charge in [0.25, 0.3) is 0 Å². The van der Waals surface area contributed by atoms with Gasteiger partial charge in [-0.15, -0.1) is 0 Å². The Balaban J connectivity index is 2.21. The fraction of sp³-hybridized carbons (Fsp3) is 0.417. The molecule has 0 spiro atoms. The molecular weight excluding hydrogens is 193 g/mol. The van der Waals surface area contributed by atoms with Gasteiger partial charge >= 0.3 is 0 Å². The van der Waals surface area contributed by atoms with E-state index in [4.69, 9.17) is 4.74 Å². The summed E-state index contributed by atoms with van der Waals surface area (Å²) in [5, 5.41) is 0. The Morgan fingerprint density at radius 3 is 2.53 bits per heavy atom. The van der Waals surface area contributed by atoms with Gasteiger partial charge in [0, 0.05) is 6.92 Å². The third kappa shape index (κ3) is 2.01. The standard InChI is InChI=1S/C12H14FNO/c1-8-3-5-10(6-4-8)12-11(7-13)14-9(2)15-12/h3-6,11-12H,7H2,1-2H3/t11-,12-/m1/s1. The highest BCUT2D eigenvalue weighted by Crippen LogP contribution is 2.29. The fourth-order valence-electron chi connectivity index (χ4n) is 1.76. The Morgan fingerprint density at radius 2 is 1.93 bits per heavy atom. The molecular formula is C12H14FNO. The maximum atomic E-state index is 12.7. The van der Waals surface area contributed by atoms with E-state index in [1.165, 1.54) is 5.56 Å². The van der Waals surface area contributed by atoms with Gasteiger partial charge in [-0.2, -0.15) is 0 Å². The van der Waals surface area contributed by atoms with Gasteiger partial charge in [-0.05, 0) is 12.5 Å². The van der Waals surface area contributed by atoms with Gasteiger partial charge in [-0.3, -0.25) is 0 Å². The molecule has 0 fully saturated rings. The zero-order chi connectivity index (χ0) is 10.8. The minimum atomic E-state index is -0.476. The molecule has 0 bridgehead atoms. The van der Waals surface area contributed by atoms with E-state index in [2.05, 4.69) is 4.99 Å². The summed E-state index contributed by atoms with van der Waals surface area (Å²) in [6.07, 6.45) is -0.254. The highest BCUT2D eigenvalue weighted by molar-refractivity contribution is 5.75. The molecule has 0 N–H and O–H groups in total. The number of benzene rings is 1. The molecule has 0 aliphatic carbocycles. The molecule has 1 heterocycles. The lowest BCUT2D eigenvalue weighted by Crippen LogP contribution is -2.15. The van der Waals surface area contributed by atoms with E-state index in [1.54, 1.807) is 6.92 Å². The van der Waals surface area contributed by atoms with E-state index in [9.17, 15) is 4.39 Å². The Bertz CT molecular complexity index is 372. The molecule has 0 aromatic heterocycles. The maximum absolute atomic E-state index is 12.7. The second-order valence-electron chi connectivity index (χ2n) is 3.82. The van der Waals surface area contributed by atoms with E-state index >= 15 is 0 Å². The zero-order valence-corrected chi connectivity index (χ0v) is 8.90. The number of rotatable bonds is 2. The molecule has 80 valence electrons. The van der Waals surface area contributed by atoms with Crippen molar-refractivity contribution in [1.82, 2.24) is 0 Å². The minimum Gasteiger partial charge on any atom is -0.471 e. The molecule has 0 radical (unpaired) electrons. The molecule has 3 heteroatoms. The summed E-state index contributed by atoms with van der Waals surface area (Å²) >= 11 is 0. The van der Waals surface area contributed by atoms with Gasteiger partial charge in [0.15, 0.2) is 12.0 Å². The summed E-state index contributed by atoms with van der Waals surface area (Å²) in [6.45, 7) is 3.31. The molecule has 0 amide bonds. The number of aryl methyl sites for hydroxylation is 1. The number of halogens is 1. The van der Waals surface area contributed by atoms with Crippen LogP contribution in [0.3, 0.4) is 0 Å². The van der Waals surface area contributed by atoms with Crippen LogP contribution in [-0.2, 0) is 4.74 Å². The van der Waals surface area contributed by atoms with Crippen molar-refractivity contribution in [2.24, 2.45) is 4.99 Å². The number of aliphatic imine (C=N–C) groups is 1. The van der Waals surface area contributed by atoms with Crippen LogP contribution in [-0.4, -0.2) is 18.6 Å². The topological polar surface area (TPSA) is 21.6 Å². The van der Waals surface area contributed by atoms with Crippen molar-refractivity contribution < 1.29 is 9.13 Å². The summed E-state index contributed by atoms with van der Waals surface area (Å²) in [5.74, 6) is 0.572. The number of hydrogen-bond donors (Lipinski definition) is 0. The summed E-state index contributed by atoms with van der Waals surface area (Å²) in [4.78, 5) is 4.11. The van der Waals surface area contributed by atoms with Gasteiger partial charge in [-0.25, -0.2) is 9.38 Å². The largest absolute Gasteiger partial charge is 0.471 e. The van der Waals surface area contributed by atoms with Gasteiger partial charge < -0.3 is 4.74 Å². The molecule has 1 aliphatic rings. The smallest absolute Gasteiger partial charge is 0.181 e. The number of nitrogens with zero attached hydrogens (tertiary/aromatic N) is 1. The predicted octanol–water partition coefficient (Wildman–Crippen LogP) is 2.82. The van der Waals surface area contributed by atoms with E-state index < -0.39 is 6.67 Å². The van der Waals surface area contributed by atoms with Crippen molar-refractivity contribution in [1.29, 1.82) is 0 Å². The van der Waals surface area contributed by atoms with Crippen LogP contribution in [0.2, 0.25) is 0 Å². The molecule has 0 saturated carbocycles.